The van der Waals surface area contributed by atoms with E-state index in [-0.39, 0.29) is 11.4 Å². The van der Waals surface area contributed by atoms with Crippen LogP contribution in [0.4, 0.5) is 0 Å². The third-order valence-electron chi connectivity index (χ3n) is 2.64. The molecule has 2 rings (SSSR count). The lowest BCUT2D eigenvalue weighted by molar-refractivity contribution is -0.136. The highest BCUT2D eigenvalue weighted by molar-refractivity contribution is 9.10. The predicted octanol–water partition coefficient (Wildman–Crippen LogP) is 2.96. The predicted molar refractivity (Wildman–Crippen MR) is 71.8 cm³/mol. The summed E-state index contributed by atoms with van der Waals surface area (Å²) in [4.78, 5) is 10.7. The van der Waals surface area contributed by atoms with E-state index < -0.39 is 5.97 Å². The average Bonchev–Trinajstić information content (AvgIpc) is 2.67. The quantitative estimate of drug-likeness (QED) is 0.927. The van der Waals surface area contributed by atoms with E-state index in [0.717, 1.165) is 16.6 Å². The zero-order valence-corrected chi connectivity index (χ0v) is 11.8. The van der Waals surface area contributed by atoms with E-state index in [4.69, 9.17) is 9.84 Å². The van der Waals surface area contributed by atoms with E-state index in [2.05, 4.69) is 22.0 Å². The van der Waals surface area contributed by atoms with E-state index in [9.17, 15) is 4.79 Å². The molecule has 0 spiro atoms. The molecule has 5 heteroatoms. The molecule has 1 heterocycles. The lowest BCUT2D eigenvalue weighted by Crippen LogP contribution is -2.20. The molecule has 1 aliphatic heterocycles. The van der Waals surface area contributed by atoms with Gasteiger partial charge in [0.25, 0.3) is 0 Å². The fourth-order valence-electron chi connectivity index (χ4n) is 1.70. The molecule has 0 saturated carbocycles. The fourth-order valence-corrected chi connectivity index (χ4v) is 2.95. The Bertz CT molecular complexity index is 436. The molecule has 17 heavy (non-hydrogen) atoms. The Kier molecular flexibility index (Phi) is 3.99. The van der Waals surface area contributed by atoms with Crippen LogP contribution in [0.2, 0.25) is 0 Å². The van der Waals surface area contributed by atoms with Crippen LogP contribution in [0.15, 0.2) is 22.7 Å². The van der Waals surface area contributed by atoms with Crippen LogP contribution in [0, 0.1) is 0 Å². The Hall–Kier alpha value is -0.680. The molecule has 0 amide bonds. The number of carbonyl (C=O) groups is 1. The molecule has 0 bridgehead atoms. The fraction of sp³-hybridized carbons (Fsp3) is 0.417. The van der Waals surface area contributed by atoms with E-state index >= 15 is 0 Å². The third-order valence-corrected chi connectivity index (χ3v) is 4.40. The van der Waals surface area contributed by atoms with Crippen LogP contribution in [0.25, 0.3) is 0 Å². The number of hydrogen-bond acceptors (Lipinski definition) is 3. The zero-order valence-electron chi connectivity index (χ0n) is 9.35. The summed E-state index contributed by atoms with van der Waals surface area (Å²) in [5.74, 6) is 0.856. The van der Waals surface area contributed by atoms with Crippen LogP contribution in [-0.2, 0) is 11.2 Å². The molecule has 0 aromatic heterocycles. The van der Waals surface area contributed by atoms with Crippen LogP contribution in [0.1, 0.15) is 12.5 Å². The normalized spacial score (nSPS) is 19.5. The second-order valence-electron chi connectivity index (χ2n) is 4.01. The van der Waals surface area contributed by atoms with E-state index in [0.29, 0.717) is 5.75 Å². The van der Waals surface area contributed by atoms with Gasteiger partial charge in [-0.1, -0.05) is 15.9 Å². The Balaban J connectivity index is 1.90. The molecule has 0 radical (unpaired) electrons. The Labute approximate surface area is 113 Å². The van der Waals surface area contributed by atoms with Crippen LogP contribution >= 0.6 is 27.7 Å². The standard InChI is InChI=1S/C12H13BrO3S/c1-7(12(14)15)17-6-10-5-8-4-9(13)2-3-11(8)16-10/h2-4,7,10H,5-6H2,1H3,(H,14,15). The molecular weight excluding hydrogens is 304 g/mol. The maximum absolute atomic E-state index is 10.7. The molecule has 92 valence electrons. The summed E-state index contributed by atoms with van der Waals surface area (Å²) in [7, 11) is 0. The van der Waals surface area contributed by atoms with Crippen molar-refractivity contribution in [3.63, 3.8) is 0 Å². The number of aliphatic carboxylic acids is 1. The number of halogens is 1. The summed E-state index contributed by atoms with van der Waals surface area (Å²) in [5.41, 5.74) is 1.19. The van der Waals surface area contributed by atoms with Crippen LogP contribution < -0.4 is 4.74 Å². The van der Waals surface area contributed by atoms with Gasteiger partial charge in [-0.2, -0.15) is 0 Å². The Morgan fingerprint density at radius 2 is 2.47 bits per heavy atom. The third kappa shape index (κ3) is 3.16. The summed E-state index contributed by atoms with van der Waals surface area (Å²) >= 11 is 4.85. The summed E-state index contributed by atoms with van der Waals surface area (Å²) in [6.45, 7) is 1.70. The van der Waals surface area contributed by atoms with Gasteiger partial charge in [0.1, 0.15) is 11.9 Å². The van der Waals surface area contributed by atoms with Crippen molar-refractivity contribution in [2.75, 3.05) is 5.75 Å². The molecule has 0 fully saturated rings. The highest BCUT2D eigenvalue weighted by Crippen LogP contribution is 2.32. The van der Waals surface area contributed by atoms with Crippen molar-refractivity contribution in [1.29, 1.82) is 0 Å². The lowest BCUT2D eigenvalue weighted by atomic mass is 10.1. The Morgan fingerprint density at radius 1 is 1.71 bits per heavy atom. The summed E-state index contributed by atoms with van der Waals surface area (Å²) < 4.78 is 6.81. The van der Waals surface area contributed by atoms with E-state index in [1.807, 2.05) is 12.1 Å². The minimum absolute atomic E-state index is 0.0890. The second-order valence-corrected chi connectivity index (χ2v) is 6.30. The van der Waals surface area contributed by atoms with E-state index in [1.54, 1.807) is 6.92 Å². The molecule has 2 unspecified atom stereocenters. The van der Waals surface area contributed by atoms with Gasteiger partial charge in [-0.05, 0) is 30.7 Å². The Morgan fingerprint density at radius 3 is 3.18 bits per heavy atom. The number of rotatable bonds is 4. The first kappa shape index (κ1) is 12.8. The number of ether oxygens (including phenoxy) is 1. The summed E-state index contributed by atoms with van der Waals surface area (Å²) in [5, 5.41) is 8.42. The monoisotopic (exact) mass is 316 g/mol. The van der Waals surface area contributed by atoms with Crippen molar-refractivity contribution in [1.82, 2.24) is 0 Å². The van der Waals surface area contributed by atoms with Crippen molar-refractivity contribution in [3.05, 3.63) is 28.2 Å². The van der Waals surface area contributed by atoms with Gasteiger partial charge < -0.3 is 9.84 Å². The van der Waals surface area contributed by atoms with Crippen molar-refractivity contribution >= 4 is 33.7 Å². The van der Waals surface area contributed by atoms with Gasteiger partial charge in [0.2, 0.25) is 0 Å². The molecule has 0 saturated heterocycles. The highest BCUT2D eigenvalue weighted by Gasteiger charge is 2.24. The first-order valence-corrected chi connectivity index (χ1v) is 7.20. The largest absolute Gasteiger partial charge is 0.489 e. The summed E-state index contributed by atoms with van der Waals surface area (Å²) in [6.07, 6.45) is 0.944. The van der Waals surface area contributed by atoms with Crippen LogP contribution in [0.5, 0.6) is 5.75 Å². The lowest BCUT2D eigenvalue weighted by Gasteiger charge is -2.11. The van der Waals surface area contributed by atoms with Crippen molar-refractivity contribution in [3.8, 4) is 5.75 Å². The van der Waals surface area contributed by atoms with Gasteiger partial charge in [-0.25, -0.2) is 0 Å². The number of benzene rings is 1. The number of thioether (sulfide) groups is 1. The van der Waals surface area contributed by atoms with Crippen LogP contribution in [-0.4, -0.2) is 28.2 Å². The summed E-state index contributed by atoms with van der Waals surface area (Å²) in [6, 6.07) is 5.96. The zero-order chi connectivity index (χ0) is 12.4. The molecule has 1 N–H and O–H groups in total. The van der Waals surface area contributed by atoms with E-state index in [1.165, 1.54) is 17.3 Å². The minimum atomic E-state index is -0.770. The smallest absolute Gasteiger partial charge is 0.316 e. The molecule has 3 nitrogen and oxygen atoms in total. The van der Waals surface area contributed by atoms with Gasteiger partial charge >= 0.3 is 5.97 Å². The van der Waals surface area contributed by atoms with Gasteiger partial charge in [-0.3, -0.25) is 4.79 Å². The van der Waals surface area contributed by atoms with Gasteiger partial charge in [-0.15, -0.1) is 11.8 Å². The first-order chi connectivity index (χ1) is 8.06. The van der Waals surface area contributed by atoms with Gasteiger partial charge in [0.15, 0.2) is 0 Å². The van der Waals surface area contributed by atoms with Gasteiger partial charge in [0, 0.05) is 16.6 Å². The van der Waals surface area contributed by atoms with Crippen molar-refractivity contribution in [2.24, 2.45) is 0 Å². The topological polar surface area (TPSA) is 46.5 Å². The molecule has 0 aliphatic carbocycles. The number of fused-ring (bicyclic) bond motifs is 1. The first-order valence-electron chi connectivity index (χ1n) is 5.36. The molecular formula is C12H13BrO3S. The minimum Gasteiger partial charge on any atom is -0.489 e. The number of carboxylic acid groups (broad SMARTS) is 1. The maximum atomic E-state index is 10.7. The second kappa shape index (κ2) is 5.31. The number of carboxylic acids is 1. The average molecular weight is 317 g/mol. The maximum Gasteiger partial charge on any atom is 0.316 e. The number of hydrogen-bond donors (Lipinski definition) is 1. The van der Waals surface area contributed by atoms with Crippen molar-refractivity contribution in [2.45, 2.75) is 24.7 Å². The highest BCUT2D eigenvalue weighted by atomic mass is 79.9. The van der Waals surface area contributed by atoms with Gasteiger partial charge in [0.05, 0.1) is 5.25 Å². The molecule has 1 aromatic rings. The molecule has 2 atom stereocenters. The van der Waals surface area contributed by atoms with Crippen molar-refractivity contribution < 1.29 is 14.6 Å². The molecule has 1 aromatic carbocycles. The SMILES string of the molecule is CC(SCC1Cc2cc(Br)ccc2O1)C(=O)O. The van der Waals surface area contributed by atoms with Crippen LogP contribution in [0.3, 0.4) is 0 Å². The molecule has 1 aliphatic rings.